The van der Waals surface area contributed by atoms with Gasteiger partial charge in [-0.3, -0.25) is 0 Å². The summed E-state index contributed by atoms with van der Waals surface area (Å²) in [7, 11) is -0.598. The molecule has 0 fully saturated rings. The Morgan fingerprint density at radius 3 is 2.73 bits per heavy atom. The monoisotopic (exact) mass is 250 g/mol. The lowest BCUT2D eigenvalue weighted by Crippen LogP contribution is -2.37. The highest BCUT2D eigenvalue weighted by molar-refractivity contribution is 7.87. The van der Waals surface area contributed by atoms with E-state index in [1.54, 1.807) is 11.4 Å². The summed E-state index contributed by atoms with van der Waals surface area (Å²) in [5.74, 6) is 0. The van der Waals surface area contributed by atoms with Gasteiger partial charge in [-0.2, -0.15) is 28.8 Å². The zero-order chi connectivity index (χ0) is 11.5. The Morgan fingerprint density at radius 2 is 2.27 bits per heavy atom. The molecule has 86 valence electrons. The number of hydrogen-bond acceptors (Lipinski definition) is 4. The molecule has 0 aliphatic rings. The molecule has 15 heavy (non-hydrogen) atoms. The summed E-state index contributed by atoms with van der Waals surface area (Å²) >= 11 is 1.46. The third-order valence-electron chi connectivity index (χ3n) is 1.87. The van der Waals surface area contributed by atoms with Gasteiger partial charge in [0.2, 0.25) is 0 Å². The lowest BCUT2D eigenvalue weighted by atomic mass is 10.2. The molecule has 1 unspecified atom stereocenters. The molecule has 1 aromatic rings. The van der Waals surface area contributed by atoms with Crippen molar-refractivity contribution in [3.63, 3.8) is 0 Å². The van der Waals surface area contributed by atoms with Crippen LogP contribution in [0.15, 0.2) is 16.8 Å². The van der Waals surface area contributed by atoms with Crippen molar-refractivity contribution >= 4 is 21.5 Å². The van der Waals surface area contributed by atoms with E-state index < -0.39 is 16.3 Å². The minimum atomic E-state index is -3.46. The predicted molar refractivity (Wildman–Crippen MR) is 59.9 cm³/mol. The van der Waals surface area contributed by atoms with Crippen LogP contribution in [0.25, 0.3) is 0 Å². The van der Waals surface area contributed by atoms with Crippen LogP contribution in [-0.4, -0.2) is 38.5 Å². The predicted octanol–water partition coefficient (Wildman–Crippen LogP) is 0.178. The molecule has 7 heteroatoms. The fraction of sp³-hybridized carbons (Fsp3) is 0.500. The minimum absolute atomic E-state index is 0.0166. The highest BCUT2D eigenvalue weighted by atomic mass is 32.2. The average Bonchev–Trinajstić information content (AvgIpc) is 2.66. The third-order valence-corrected chi connectivity index (χ3v) is 4.06. The number of aliphatic hydroxyl groups excluding tert-OH is 1. The molecular formula is C8H14N2O3S2. The van der Waals surface area contributed by atoms with Gasteiger partial charge >= 0.3 is 0 Å². The smallest absolute Gasteiger partial charge is 0.279 e. The van der Waals surface area contributed by atoms with Crippen LogP contribution < -0.4 is 4.72 Å². The number of hydrogen-bond donors (Lipinski definition) is 2. The van der Waals surface area contributed by atoms with Crippen molar-refractivity contribution in [2.24, 2.45) is 0 Å². The zero-order valence-corrected chi connectivity index (χ0v) is 10.2. The molecule has 5 nitrogen and oxygen atoms in total. The van der Waals surface area contributed by atoms with Gasteiger partial charge in [0.05, 0.1) is 6.10 Å². The minimum Gasteiger partial charge on any atom is -0.387 e. The second-order valence-electron chi connectivity index (χ2n) is 3.21. The van der Waals surface area contributed by atoms with E-state index in [1.807, 2.05) is 5.38 Å². The van der Waals surface area contributed by atoms with E-state index in [9.17, 15) is 13.5 Å². The molecule has 0 saturated carbocycles. The Morgan fingerprint density at radius 1 is 1.60 bits per heavy atom. The quantitative estimate of drug-likeness (QED) is 0.783. The Hall–Kier alpha value is -0.470. The molecule has 0 aliphatic carbocycles. The molecule has 1 heterocycles. The molecule has 2 N–H and O–H groups in total. The van der Waals surface area contributed by atoms with Gasteiger partial charge in [0.1, 0.15) is 0 Å². The van der Waals surface area contributed by atoms with E-state index in [0.717, 1.165) is 9.87 Å². The summed E-state index contributed by atoms with van der Waals surface area (Å²) in [6.45, 7) is -0.0166. The number of aliphatic hydroxyl groups is 1. The molecule has 0 saturated heterocycles. The second kappa shape index (κ2) is 5.04. The number of nitrogens with one attached hydrogen (secondary N) is 1. The summed E-state index contributed by atoms with van der Waals surface area (Å²) in [6, 6.07) is 1.76. The Labute approximate surface area is 93.5 Å². The van der Waals surface area contributed by atoms with E-state index >= 15 is 0 Å². The largest absolute Gasteiger partial charge is 0.387 e. The van der Waals surface area contributed by atoms with E-state index in [1.165, 1.54) is 25.4 Å². The van der Waals surface area contributed by atoms with Crippen molar-refractivity contribution in [3.05, 3.63) is 22.4 Å². The van der Waals surface area contributed by atoms with Crippen LogP contribution in [0.1, 0.15) is 11.7 Å². The van der Waals surface area contributed by atoms with Gasteiger partial charge in [-0.15, -0.1) is 0 Å². The first-order valence-corrected chi connectivity index (χ1v) is 6.69. The van der Waals surface area contributed by atoms with Crippen molar-refractivity contribution in [1.29, 1.82) is 0 Å². The molecule has 0 bridgehead atoms. The Balaban J connectivity index is 2.52. The van der Waals surface area contributed by atoms with Gasteiger partial charge in [-0.25, -0.2) is 0 Å². The Kier molecular flexibility index (Phi) is 4.23. The summed E-state index contributed by atoms with van der Waals surface area (Å²) in [5, 5.41) is 13.2. The van der Waals surface area contributed by atoms with Crippen molar-refractivity contribution in [2.45, 2.75) is 6.10 Å². The van der Waals surface area contributed by atoms with Crippen LogP contribution in [0.3, 0.4) is 0 Å². The molecule has 0 spiro atoms. The standard InChI is InChI=1S/C8H14N2O3S2/c1-10(2)15(12,13)9-5-8(11)7-3-4-14-6-7/h3-4,6,8-9,11H,5H2,1-2H3. The van der Waals surface area contributed by atoms with Crippen molar-refractivity contribution in [3.8, 4) is 0 Å². The highest BCUT2D eigenvalue weighted by Crippen LogP contribution is 2.15. The normalized spacial score (nSPS) is 14.4. The first kappa shape index (κ1) is 12.6. The van der Waals surface area contributed by atoms with Crippen LogP contribution in [0.4, 0.5) is 0 Å². The second-order valence-corrected chi connectivity index (χ2v) is 5.96. The fourth-order valence-electron chi connectivity index (χ4n) is 0.896. The maximum Gasteiger partial charge on any atom is 0.279 e. The summed E-state index contributed by atoms with van der Waals surface area (Å²) < 4.78 is 26.0. The van der Waals surface area contributed by atoms with Gasteiger partial charge < -0.3 is 5.11 Å². The van der Waals surface area contributed by atoms with Crippen LogP contribution in [-0.2, 0) is 10.2 Å². The summed E-state index contributed by atoms with van der Waals surface area (Å²) in [6.07, 6.45) is -0.800. The van der Waals surface area contributed by atoms with Crippen LogP contribution in [0.5, 0.6) is 0 Å². The third kappa shape index (κ3) is 3.54. The van der Waals surface area contributed by atoms with Gasteiger partial charge in [-0.1, -0.05) is 0 Å². The van der Waals surface area contributed by atoms with Gasteiger partial charge in [0, 0.05) is 20.6 Å². The van der Waals surface area contributed by atoms with E-state index in [0.29, 0.717) is 0 Å². The van der Waals surface area contributed by atoms with Crippen LogP contribution in [0, 0.1) is 0 Å². The molecule has 0 aromatic carbocycles. The van der Waals surface area contributed by atoms with Crippen molar-refractivity contribution in [2.75, 3.05) is 20.6 Å². The van der Waals surface area contributed by atoms with E-state index in [2.05, 4.69) is 4.72 Å². The fourth-order valence-corrected chi connectivity index (χ4v) is 2.23. The van der Waals surface area contributed by atoms with E-state index in [4.69, 9.17) is 0 Å². The maximum atomic E-state index is 11.3. The summed E-state index contributed by atoms with van der Waals surface area (Å²) in [5.41, 5.74) is 0.724. The van der Waals surface area contributed by atoms with Gasteiger partial charge in [0.25, 0.3) is 10.2 Å². The molecule has 1 aromatic heterocycles. The lowest BCUT2D eigenvalue weighted by molar-refractivity contribution is 0.182. The number of thiophene rings is 1. The number of nitrogens with zero attached hydrogens (tertiary/aromatic N) is 1. The zero-order valence-electron chi connectivity index (χ0n) is 8.54. The summed E-state index contributed by atoms with van der Waals surface area (Å²) in [4.78, 5) is 0. The Bertz CT molecular complexity index is 386. The topological polar surface area (TPSA) is 69.6 Å². The van der Waals surface area contributed by atoms with Crippen LogP contribution in [0.2, 0.25) is 0 Å². The SMILES string of the molecule is CN(C)S(=O)(=O)NCC(O)c1ccsc1. The maximum absolute atomic E-state index is 11.3. The molecular weight excluding hydrogens is 236 g/mol. The van der Waals surface area contributed by atoms with E-state index in [-0.39, 0.29) is 6.54 Å². The van der Waals surface area contributed by atoms with Crippen molar-refractivity contribution < 1.29 is 13.5 Å². The highest BCUT2D eigenvalue weighted by Gasteiger charge is 2.15. The molecule has 1 atom stereocenters. The van der Waals surface area contributed by atoms with Gasteiger partial charge in [-0.05, 0) is 22.4 Å². The van der Waals surface area contributed by atoms with Crippen LogP contribution >= 0.6 is 11.3 Å². The van der Waals surface area contributed by atoms with Gasteiger partial charge in [0.15, 0.2) is 0 Å². The molecule has 0 amide bonds. The molecule has 0 radical (unpaired) electrons. The number of rotatable bonds is 5. The molecule has 0 aliphatic heterocycles. The van der Waals surface area contributed by atoms with Crippen molar-refractivity contribution in [1.82, 2.24) is 9.03 Å². The first-order valence-electron chi connectivity index (χ1n) is 4.31. The first-order chi connectivity index (χ1) is 6.93. The average molecular weight is 250 g/mol. The molecule has 1 rings (SSSR count). The lowest BCUT2D eigenvalue weighted by Gasteiger charge is -2.14.